The van der Waals surface area contributed by atoms with E-state index in [2.05, 4.69) is 12.2 Å². The van der Waals surface area contributed by atoms with Gasteiger partial charge >= 0.3 is 0 Å². The lowest BCUT2D eigenvalue weighted by molar-refractivity contribution is -0.124. The first-order chi connectivity index (χ1) is 14.6. The SMILES string of the molecule is O=C(COc1cccc(N2C(=O)[C@@H]3[C@H]4C=C[C@H]([C@H]5C[C@H]45)[C@@H]3C2=O)c1)c1ccccc1. The fourth-order valence-electron chi connectivity index (χ4n) is 5.78. The Balaban J connectivity index is 1.22. The van der Waals surface area contributed by atoms with Crippen molar-refractivity contribution >= 4 is 23.3 Å². The number of hydrogen-bond acceptors (Lipinski definition) is 4. The van der Waals surface area contributed by atoms with Crippen LogP contribution in [0.5, 0.6) is 5.75 Å². The van der Waals surface area contributed by atoms with Crippen molar-refractivity contribution in [1.29, 1.82) is 0 Å². The van der Waals surface area contributed by atoms with Crippen LogP contribution in [-0.2, 0) is 9.59 Å². The van der Waals surface area contributed by atoms with E-state index in [0.717, 1.165) is 6.42 Å². The molecule has 5 nitrogen and oxygen atoms in total. The normalized spacial score (nSPS) is 32.7. The molecule has 7 rings (SSSR count). The zero-order chi connectivity index (χ0) is 20.4. The Kier molecular flexibility index (Phi) is 3.76. The van der Waals surface area contributed by atoms with Gasteiger partial charge in [0.1, 0.15) is 5.75 Å². The number of carbonyl (C=O) groups is 3. The largest absolute Gasteiger partial charge is 0.485 e. The number of rotatable bonds is 5. The molecule has 1 aliphatic heterocycles. The topological polar surface area (TPSA) is 63.7 Å². The third-order valence-corrected chi connectivity index (χ3v) is 7.20. The Hall–Kier alpha value is -3.21. The summed E-state index contributed by atoms with van der Waals surface area (Å²) in [6, 6.07) is 15.9. The number of ketones is 1. The van der Waals surface area contributed by atoms with Crippen LogP contribution in [0.1, 0.15) is 16.8 Å². The van der Waals surface area contributed by atoms with Gasteiger partial charge in [-0.2, -0.15) is 0 Å². The van der Waals surface area contributed by atoms with E-state index in [1.165, 1.54) is 4.90 Å². The van der Waals surface area contributed by atoms with Crippen molar-refractivity contribution in [1.82, 2.24) is 0 Å². The van der Waals surface area contributed by atoms with Crippen molar-refractivity contribution < 1.29 is 19.1 Å². The fraction of sp³-hybridized carbons (Fsp3) is 0.320. The number of Topliss-reactive ketones (excluding diaryl/α,β-unsaturated/α-hetero) is 1. The average molecular weight is 399 g/mol. The number of benzene rings is 2. The summed E-state index contributed by atoms with van der Waals surface area (Å²) in [4.78, 5) is 40.1. The zero-order valence-electron chi connectivity index (χ0n) is 16.3. The average Bonchev–Trinajstić information content (AvgIpc) is 3.56. The summed E-state index contributed by atoms with van der Waals surface area (Å²) in [7, 11) is 0. The number of imide groups is 1. The number of hydrogen-bond donors (Lipinski definition) is 0. The number of ether oxygens (including phenoxy) is 1. The minimum atomic E-state index is -0.222. The van der Waals surface area contributed by atoms with E-state index in [-0.39, 0.29) is 47.9 Å². The Morgan fingerprint density at radius 2 is 1.57 bits per heavy atom. The van der Waals surface area contributed by atoms with Gasteiger partial charge in [-0.05, 0) is 42.2 Å². The van der Waals surface area contributed by atoms with Gasteiger partial charge < -0.3 is 4.74 Å². The van der Waals surface area contributed by atoms with Crippen LogP contribution < -0.4 is 9.64 Å². The molecule has 2 amide bonds. The van der Waals surface area contributed by atoms with E-state index in [9.17, 15) is 14.4 Å². The molecule has 1 heterocycles. The van der Waals surface area contributed by atoms with Gasteiger partial charge in [-0.25, -0.2) is 4.90 Å². The van der Waals surface area contributed by atoms with E-state index in [1.54, 1.807) is 36.4 Å². The molecule has 2 aromatic carbocycles. The Morgan fingerprint density at radius 3 is 2.23 bits per heavy atom. The maximum atomic E-state index is 13.2. The number of amides is 2. The molecule has 0 spiro atoms. The Morgan fingerprint density at radius 1 is 0.900 bits per heavy atom. The molecule has 0 aromatic heterocycles. The number of anilines is 1. The molecular weight excluding hydrogens is 378 g/mol. The lowest BCUT2D eigenvalue weighted by atomic mass is 9.63. The summed E-state index contributed by atoms with van der Waals surface area (Å²) in [5.41, 5.74) is 1.11. The van der Waals surface area contributed by atoms with Gasteiger partial charge in [0, 0.05) is 11.6 Å². The minimum Gasteiger partial charge on any atom is -0.485 e. The second-order valence-electron chi connectivity index (χ2n) is 8.74. The molecule has 2 bridgehead atoms. The second kappa shape index (κ2) is 6.39. The molecule has 5 aliphatic rings. The lowest BCUT2D eigenvalue weighted by Gasteiger charge is -2.37. The second-order valence-corrected chi connectivity index (χ2v) is 8.74. The molecular formula is C25H21NO4. The summed E-state index contributed by atoms with van der Waals surface area (Å²) in [5, 5.41) is 0. The van der Waals surface area contributed by atoms with Gasteiger partial charge in [0.25, 0.3) is 0 Å². The van der Waals surface area contributed by atoms with E-state index < -0.39 is 0 Å². The molecule has 1 saturated heterocycles. The molecule has 5 heteroatoms. The van der Waals surface area contributed by atoms with Crippen LogP contribution in [0.4, 0.5) is 5.69 Å². The van der Waals surface area contributed by atoms with Crippen LogP contribution in [0, 0.1) is 35.5 Å². The third kappa shape index (κ3) is 2.51. The molecule has 2 saturated carbocycles. The standard InChI is InChI=1S/C25H21NO4/c27-21(14-5-2-1-3-6-14)13-30-16-8-4-7-15(11-16)26-24(28)22-17-9-10-18(20-12-19(17)20)23(22)25(26)29/h1-11,17-20,22-23H,12-13H2/t17-,18+,19-,20-,22+,23-/m1/s1. The zero-order valence-corrected chi connectivity index (χ0v) is 16.3. The third-order valence-electron chi connectivity index (χ3n) is 7.20. The predicted octanol–water partition coefficient (Wildman–Crippen LogP) is 3.51. The molecule has 6 atom stereocenters. The van der Waals surface area contributed by atoms with E-state index in [0.29, 0.717) is 28.8 Å². The molecule has 30 heavy (non-hydrogen) atoms. The van der Waals surface area contributed by atoms with E-state index in [4.69, 9.17) is 4.74 Å². The van der Waals surface area contributed by atoms with Crippen LogP contribution in [0.25, 0.3) is 0 Å². The van der Waals surface area contributed by atoms with Crippen molar-refractivity contribution in [2.75, 3.05) is 11.5 Å². The van der Waals surface area contributed by atoms with Crippen LogP contribution in [0.15, 0.2) is 66.7 Å². The lowest BCUT2D eigenvalue weighted by Crippen LogP contribution is -2.40. The highest BCUT2D eigenvalue weighted by Gasteiger charge is 2.67. The van der Waals surface area contributed by atoms with Crippen LogP contribution in [0.2, 0.25) is 0 Å². The molecule has 3 fully saturated rings. The van der Waals surface area contributed by atoms with Gasteiger partial charge in [-0.3, -0.25) is 14.4 Å². The van der Waals surface area contributed by atoms with Gasteiger partial charge in [0.2, 0.25) is 11.8 Å². The highest BCUT2D eigenvalue weighted by Crippen LogP contribution is 2.65. The first-order valence-corrected chi connectivity index (χ1v) is 10.5. The van der Waals surface area contributed by atoms with Gasteiger partial charge in [0.05, 0.1) is 17.5 Å². The first-order valence-electron chi connectivity index (χ1n) is 10.5. The van der Waals surface area contributed by atoms with Gasteiger partial charge in [0.15, 0.2) is 12.4 Å². The Bertz CT molecular complexity index is 1060. The molecule has 2 aromatic rings. The van der Waals surface area contributed by atoms with Crippen molar-refractivity contribution in [2.24, 2.45) is 35.5 Å². The fourth-order valence-corrected chi connectivity index (χ4v) is 5.78. The van der Waals surface area contributed by atoms with Crippen LogP contribution in [0.3, 0.4) is 0 Å². The molecule has 4 aliphatic carbocycles. The molecule has 150 valence electrons. The minimum absolute atomic E-state index is 0.0905. The molecule has 0 radical (unpaired) electrons. The van der Waals surface area contributed by atoms with Gasteiger partial charge in [-0.15, -0.1) is 0 Å². The van der Waals surface area contributed by atoms with Crippen molar-refractivity contribution in [2.45, 2.75) is 6.42 Å². The molecule has 0 unspecified atom stereocenters. The van der Waals surface area contributed by atoms with E-state index in [1.807, 2.05) is 18.2 Å². The van der Waals surface area contributed by atoms with Crippen LogP contribution >= 0.6 is 0 Å². The van der Waals surface area contributed by atoms with Gasteiger partial charge in [-0.1, -0.05) is 48.6 Å². The Labute approximate surface area is 174 Å². The van der Waals surface area contributed by atoms with Crippen molar-refractivity contribution in [3.8, 4) is 5.75 Å². The van der Waals surface area contributed by atoms with E-state index >= 15 is 0 Å². The summed E-state index contributed by atoms with van der Waals surface area (Å²) in [5.74, 6) is 1.29. The highest BCUT2D eigenvalue weighted by molar-refractivity contribution is 6.22. The summed E-state index contributed by atoms with van der Waals surface area (Å²) >= 11 is 0. The quantitative estimate of drug-likeness (QED) is 0.439. The summed E-state index contributed by atoms with van der Waals surface area (Å²) in [6.07, 6.45) is 5.49. The van der Waals surface area contributed by atoms with Crippen molar-refractivity contribution in [3.63, 3.8) is 0 Å². The summed E-state index contributed by atoms with van der Waals surface area (Å²) < 4.78 is 5.68. The monoisotopic (exact) mass is 399 g/mol. The first kappa shape index (κ1) is 17.6. The maximum absolute atomic E-state index is 13.2. The molecule has 0 N–H and O–H groups in total. The summed E-state index contributed by atoms with van der Waals surface area (Å²) in [6.45, 7) is -0.0992. The smallest absolute Gasteiger partial charge is 0.238 e. The highest BCUT2D eigenvalue weighted by atomic mass is 16.5. The number of allylic oxidation sites excluding steroid dienone is 2. The maximum Gasteiger partial charge on any atom is 0.238 e. The number of carbonyl (C=O) groups excluding carboxylic acids is 3. The predicted molar refractivity (Wildman–Crippen MR) is 110 cm³/mol. The van der Waals surface area contributed by atoms with Crippen LogP contribution in [-0.4, -0.2) is 24.2 Å². The van der Waals surface area contributed by atoms with Crippen molar-refractivity contribution in [3.05, 3.63) is 72.3 Å². The number of nitrogens with zero attached hydrogens (tertiary/aromatic N) is 1.